The number of rotatable bonds is 16. The summed E-state index contributed by atoms with van der Waals surface area (Å²) < 4.78 is 62.8. The summed E-state index contributed by atoms with van der Waals surface area (Å²) in [6.07, 6.45) is 10.0. The zero-order valence-electron chi connectivity index (χ0n) is 51.5. The van der Waals surface area contributed by atoms with Crippen LogP contribution in [0.25, 0.3) is 92.1 Å². The molecule has 0 atom stereocenters. The van der Waals surface area contributed by atoms with Crippen molar-refractivity contribution in [1.29, 1.82) is 0 Å². The van der Waals surface area contributed by atoms with E-state index in [1.807, 2.05) is 120 Å². The van der Waals surface area contributed by atoms with Crippen LogP contribution in [-0.4, -0.2) is 98.9 Å². The van der Waals surface area contributed by atoms with E-state index in [1.54, 1.807) is 140 Å². The zero-order chi connectivity index (χ0) is 66.8. The average molecular weight is 1340 g/mol. The molecule has 98 heavy (non-hydrogen) atoms. The van der Waals surface area contributed by atoms with Crippen LogP contribution in [0, 0.1) is 23.3 Å². The summed E-state index contributed by atoms with van der Waals surface area (Å²) in [6, 6.07) is 60.3. The van der Waals surface area contributed by atoms with Crippen molar-refractivity contribution in [3.05, 3.63) is 311 Å². The van der Waals surface area contributed by atoms with Crippen LogP contribution in [0.5, 0.6) is 0 Å². The molecule has 20 nitrogen and oxygen atoms in total. The number of aromatic nitrogens is 20. The predicted molar refractivity (Wildman–Crippen MR) is 364 cm³/mol. The van der Waals surface area contributed by atoms with Gasteiger partial charge in [-0.3, -0.25) is 19.9 Å². The van der Waals surface area contributed by atoms with Gasteiger partial charge in [-0.1, -0.05) is 127 Å². The Bertz CT molecular complexity index is 4840. The minimum atomic E-state index is -0.283. The highest BCUT2D eigenvalue weighted by Crippen LogP contribution is 2.28. The molecule has 16 aromatic rings. The Hall–Kier alpha value is -12.7. The lowest BCUT2D eigenvalue weighted by Gasteiger charge is -2.07. The molecule has 16 rings (SSSR count). The van der Waals surface area contributed by atoms with Crippen molar-refractivity contribution < 1.29 is 17.6 Å². The first-order chi connectivity index (χ1) is 48.2. The van der Waals surface area contributed by atoms with Gasteiger partial charge in [-0.2, -0.15) is 0 Å². The van der Waals surface area contributed by atoms with Crippen LogP contribution in [0.15, 0.2) is 265 Å². The summed E-state index contributed by atoms with van der Waals surface area (Å²) >= 11 is 2.94. The first-order valence-electron chi connectivity index (χ1n) is 30.2. The Balaban J connectivity index is 0.000000118. The first-order valence-corrected chi connectivity index (χ1v) is 32.1. The van der Waals surface area contributed by atoms with Crippen molar-refractivity contribution in [2.24, 2.45) is 0 Å². The van der Waals surface area contributed by atoms with Crippen molar-refractivity contribution in [2.75, 3.05) is 0 Å². The summed E-state index contributed by atoms with van der Waals surface area (Å²) in [5.74, 6) is 3.64. The molecule has 5 aromatic carbocycles. The number of nitrogens with zero attached hydrogens (tertiary/aromatic N) is 20. The van der Waals surface area contributed by atoms with Gasteiger partial charge in [-0.15, -0.1) is 43.1 Å². The Labute approximate surface area is 565 Å². The summed E-state index contributed by atoms with van der Waals surface area (Å²) in [6.45, 7) is 1.09. The molecule has 0 radical (unpaired) electrons. The molecule has 0 N–H and O–H groups in total. The fraction of sp³-hybridized carbons (Fsp3) is 0.0556. The molecular formula is C72H52F4N20S2. The van der Waals surface area contributed by atoms with Crippen LogP contribution in [-0.2, 0) is 26.2 Å². The van der Waals surface area contributed by atoms with Gasteiger partial charge in [-0.25, -0.2) is 76.2 Å². The quantitative estimate of drug-likeness (QED) is 0.0820. The van der Waals surface area contributed by atoms with Gasteiger partial charge in [-0.05, 0) is 78.9 Å². The van der Waals surface area contributed by atoms with Crippen molar-refractivity contribution >= 4 is 22.7 Å². The van der Waals surface area contributed by atoms with Gasteiger partial charge < -0.3 is 0 Å². The highest BCUT2D eigenvalue weighted by molar-refractivity contribution is 7.08. The molecule has 480 valence electrons. The summed E-state index contributed by atoms with van der Waals surface area (Å²) in [5, 5.41) is 21.8. The van der Waals surface area contributed by atoms with Crippen LogP contribution in [0.1, 0.15) is 22.3 Å². The van der Waals surface area contributed by atoms with E-state index in [0.717, 1.165) is 5.56 Å². The Morgan fingerprint density at radius 3 is 0.918 bits per heavy atom. The highest BCUT2D eigenvalue weighted by Gasteiger charge is 2.22. The monoisotopic (exact) mass is 1340 g/mol. The third-order valence-corrected chi connectivity index (χ3v) is 15.7. The second kappa shape index (κ2) is 31.0. The lowest BCUT2D eigenvalue weighted by Crippen LogP contribution is -2.06. The minimum absolute atomic E-state index is 0.249. The number of benzene rings is 5. The topological polar surface area (TPSA) is 226 Å². The summed E-state index contributed by atoms with van der Waals surface area (Å²) in [5.41, 5.74) is 10.6. The maximum atomic E-state index is 14.1. The largest absolute Gasteiger partial charge is 0.253 e. The molecular weight excluding hydrogens is 1290 g/mol. The lowest BCUT2D eigenvalue weighted by molar-refractivity contribution is 0.586. The Kier molecular flexibility index (Phi) is 20.3. The van der Waals surface area contributed by atoms with E-state index in [1.165, 1.54) is 46.9 Å². The molecule has 0 saturated carbocycles. The van der Waals surface area contributed by atoms with Crippen molar-refractivity contribution in [3.8, 4) is 92.1 Å². The maximum Gasteiger partial charge on any atom is 0.219 e. The van der Waals surface area contributed by atoms with Gasteiger partial charge in [0.1, 0.15) is 57.4 Å². The Morgan fingerprint density at radius 2 is 0.561 bits per heavy atom. The van der Waals surface area contributed by atoms with Crippen molar-refractivity contribution in [3.63, 3.8) is 0 Å². The molecule has 11 heterocycles. The number of pyridine rings is 4. The molecule has 0 fully saturated rings. The fourth-order valence-electron chi connectivity index (χ4n) is 9.79. The van der Waals surface area contributed by atoms with E-state index in [4.69, 9.17) is 0 Å². The van der Waals surface area contributed by atoms with Gasteiger partial charge in [0.2, 0.25) is 5.82 Å². The number of hydrogen-bond acceptors (Lipinski definition) is 18. The zero-order valence-corrected chi connectivity index (χ0v) is 53.1. The van der Waals surface area contributed by atoms with E-state index in [0.29, 0.717) is 115 Å². The molecule has 0 aliphatic heterocycles. The van der Waals surface area contributed by atoms with Gasteiger partial charge in [0.05, 0.1) is 37.2 Å². The Morgan fingerprint density at radius 1 is 0.255 bits per heavy atom. The van der Waals surface area contributed by atoms with E-state index in [9.17, 15) is 17.6 Å². The number of hydrogen-bond donors (Lipinski definition) is 0. The molecule has 26 heteroatoms. The third kappa shape index (κ3) is 15.8. The van der Waals surface area contributed by atoms with Crippen LogP contribution < -0.4 is 0 Å². The normalized spacial score (nSPS) is 10.8. The number of halogens is 4. The number of thiazole rings is 2. The summed E-state index contributed by atoms with van der Waals surface area (Å²) in [7, 11) is 0. The third-order valence-electron chi connectivity index (χ3n) is 14.5. The molecule has 0 spiro atoms. The van der Waals surface area contributed by atoms with Gasteiger partial charge in [0.15, 0.2) is 46.6 Å². The van der Waals surface area contributed by atoms with E-state index < -0.39 is 0 Å². The molecule has 0 aliphatic carbocycles. The predicted octanol–water partition coefficient (Wildman–Crippen LogP) is 14.5. The van der Waals surface area contributed by atoms with E-state index in [2.05, 4.69) is 80.2 Å². The minimum Gasteiger partial charge on any atom is -0.253 e. The fourth-order valence-corrected chi connectivity index (χ4v) is 10.9. The highest BCUT2D eigenvalue weighted by atomic mass is 32.1. The standard InChI is InChI=1S/C20H15FN4.C19H14FN5.C17H12FN5S.C16H11FN6S/c21-17-11-5-4-10-16(17)14-25-20(15-8-2-1-3-9-15)23-19(24-25)18-12-6-7-13-22-18;20-15-8-2-1-7-14(15)13-25-19(17-10-4-6-12-22-17)23-18(24-25)16-9-3-5-11-21-16;18-13-6-2-1-5-12(13)9-23-17(15-10-24-11-20-15)21-16(22-23)14-7-3-4-8-19-14;17-12-5-2-1-4-11(12)8-23-16(13-9-24-10-20-13)21-15(22-23)14-18-6-3-7-19-14/h1-13H,14H2;1-12H,13H2;1-8,10-11H,9H2;1-7,9-10H,8H2. The molecule has 0 amide bonds. The SMILES string of the molecule is Fc1ccccc1Cn1nc(-c2ccccn2)nc1-c1ccccc1.Fc1ccccc1Cn1nc(-c2ccccn2)nc1-c1ccccn1.Fc1ccccc1Cn1nc(-c2ccccn2)nc1-c1cscn1.Fc1ccccc1Cn1nc(-c2ncccn2)nc1-c1cscn1. The lowest BCUT2D eigenvalue weighted by atomic mass is 10.2. The van der Waals surface area contributed by atoms with Crippen LogP contribution >= 0.6 is 22.7 Å². The maximum absolute atomic E-state index is 14.1. The van der Waals surface area contributed by atoms with E-state index >= 15 is 0 Å². The van der Waals surface area contributed by atoms with Crippen molar-refractivity contribution in [2.45, 2.75) is 26.2 Å². The van der Waals surface area contributed by atoms with Crippen LogP contribution in [0.2, 0.25) is 0 Å². The molecule has 11 aromatic heterocycles. The molecule has 0 unspecified atom stereocenters. The van der Waals surface area contributed by atoms with Crippen molar-refractivity contribution in [1.82, 2.24) is 98.9 Å². The molecule has 0 bridgehead atoms. The summed E-state index contributed by atoms with van der Waals surface area (Å²) in [4.78, 5) is 52.4. The van der Waals surface area contributed by atoms with Gasteiger partial charge in [0.25, 0.3) is 0 Å². The average Bonchev–Trinajstić information content (AvgIpc) is 1.68. The van der Waals surface area contributed by atoms with Crippen LogP contribution in [0.4, 0.5) is 17.6 Å². The van der Waals surface area contributed by atoms with Gasteiger partial charge >= 0.3 is 0 Å². The molecule has 0 saturated heterocycles. The van der Waals surface area contributed by atoms with Crippen LogP contribution in [0.3, 0.4) is 0 Å². The second-order valence-electron chi connectivity index (χ2n) is 21.1. The second-order valence-corrected chi connectivity index (χ2v) is 22.5. The van der Waals surface area contributed by atoms with Gasteiger partial charge in [0, 0.05) is 75.8 Å². The smallest absolute Gasteiger partial charge is 0.219 e. The van der Waals surface area contributed by atoms with E-state index in [-0.39, 0.29) is 42.9 Å². The molecule has 0 aliphatic rings. The first kappa shape index (κ1) is 64.0.